The summed E-state index contributed by atoms with van der Waals surface area (Å²) in [6.45, 7) is 0. The first-order valence-corrected chi connectivity index (χ1v) is 6.59. The number of nitrogens with zero attached hydrogens (tertiary/aromatic N) is 1. The van der Waals surface area contributed by atoms with Gasteiger partial charge in [0.25, 0.3) is 9.05 Å². The summed E-state index contributed by atoms with van der Waals surface area (Å²) >= 11 is 1.67. The fourth-order valence-corrected chi connectivity index (χ4v) is 3.45. The Hall–Kier alpha value is -0.390. The summed E-state index contributed by atoms with van der Waals surface area (Å²) in [6.07, 6.45) is 0. The Morgan fingerprint density at radius 3 is 2.50 bits per heavy atom. The summed E-state index contributed by atoms with van der Waals surface area (Å²) in [5.74, 6) is -0.896. The lowest BCUT2D eigenvalue weighted by atomic mass is 10.2. The van der Waals surface area contributed by atoms with Crippen molar-refractivity contribution in [2.24, 2.45) is 0 Å². The molecule has 7 heteroatoms. The molecule has 0 spiro atoms. The maximum Gasteiger partial charge on any atom is 0.262 e. The Labute approximate surface area is 98.0 Å². The van der Waals surface area contributed by atoms with Crippen LogP contribution in [0.25, 0.3) is 0 Å². The highest BCUT2D eigenvalue weighted by Crippen LogP contribution is 2.24. The fraction of sp³-hybridized carbons (Fsp3) is 0. The van der Waals surface area contributed by atoms with Gasteiger partial charge in [-0.3, -0.25) is 0 Å². The van der Waals surface area contributed by atoms with E-state index in [-0.39, 0.29) is 14.0 Å². The summed E-state index contributed by atoms with van der Waals surface area (Å²) in [4.78, 5) is -0.323. The van der Waals surface area contributed by atoms with E-state index in [9.17, 15) is 12.8 Å². The smallest absolute Gasteiger partial charge is 0.207 e. The number of halogens is 3. The van der Waals surface area contributed by atoms with Gasteiger partial charge in [-0.15, -0.1) is 0 Å². The van der Waals surface area contributed by atoms with Gasteiger partial charge < -0.3 is 0 Å². The first kappa shape index (κ1) is 11.7. The Kier molecular flexibility index (Phi) is 3.34. The summed E-state index contributed by atoms with van der Waals surface area (Å²) in [5, 5.41) is 8.46. The Balaban J connectivity index is 3.54. The second kappa shape index (κ2) is 4.00. The van der Waals surface area contributed by atoms with Gasteiger partial charge in [0.15, 0.2) is 0 Å². The average Bonchev–Trinajstić information content (AvgIpc) is 2.06. The molecule has 0 aromatic heterocycles. The lowest BCUT2D eigenvalue weighted by Crippen LogP contribution is -1.97. The van der Waals surface area contributed by atoms with Crippen LogP contribution in [0.5, 0.6) is 0 Å². The normalized spacial score (nSPS) is 11.0. The van der Waals surface area contributed by atoms with Gasteiger partial charge in [-0.25, -0.2) is 12.8 Å². The number of hydrogen-bond donors (Lipinski definition) is 0. The highest BCUT2D eigenvalue weighted by molar-refractivity contribution is 14.1. The van der Waals surface area contributed by atoms with Crippen molar-refractivity contribution < 1.29 is 12.8 Å². The van der Waals surface area contributed by atoms with Gasteiger partial charge in [0.1, 0.15) is 11.9 Å². The van der Waals surface area contributed by atoms with Crippen LogP contribution in [-0.2, 0) is 9.05 Å². The second-order valence-corrected chi connectivity index (χ2v) is 6.01. The molecule has 1 aromatic rings. The molecule has 0 atom stereocenters. The van der Waals surface area contributed by atoms with E-state index in [1.54, 1.807) is 28.7 Å². The highest BCUT2D eigenvalue weighted by atomic mass is 127. The average molecular weight is 346 g/mol. The SMILES string of the molecule is N#Cc1cc(I)c(S(=O)(=O)Cl)cc1F. The molecule has 0 aliphatic heterocycles. The van der Waals surface area contributed by atoms with Gasteiger partial charge in [-0.2, -0.15) is 5.26 Å². The molecule has 0 fully saturated rings. The van der Waals surface area contributed by atoms with Crippen LogP contribution in [0, 0.1) is 20.7 Å². The molecule has 0 bridgehead atoms. The van der Waals surface area contributed by atoms with Crippen molar-refractivity contribution in [2.75, 3.05) is 0 Å². The van der Waals surface area contributed by atoms with Crippen LogP contribution in [0.3, 0.4) is 0 Å². The van der Waals surface area contributed by atoms with E-state index in [0.29, 0.717) is 0 Å². The molecule has 1 rings (SSSR count). The first-order chi connectivity index (χ1) is 6.36. The minimum absolute atomic E-state index is 0.210. The van der Waals surface area contributed by atoms with Crippen molar-refractivity contribution >= 4 is 42.3 Å². The number of benzene rings is 1. The van der Waals surface area contributed by atoms with Crippen LogP contribution < -0.4 is 0 Å². The van der Waals surface area contributed by atoms with Crippen LogP contribution in [0.2, 0.25) is 0 Å². The first-order valence-electron chi connectivity index (χ1n) is 3.20. The molecule has 3 nitrogen and oxygen atoms in total. The predicted molar refractivity (Wildman–Crippen MR) is 56.9 cm³/mol. The maximum atomic E-state index is 13.0. The molecular weight excluding hydrogens is 344 g/mol. The molecule has 74 valence electrons. The molecule has 0 aliphatic carbocycles. The molecule has 0 saturated carbocycles. The highest BCUT2D eigenvalue weighted by Gasteiger charge is 2.17. The molecule has 0 heterocycles. The molecule has 1 aromatic carbocycles. The van der Waals surface area contributed by atoms with E-state index in [0.717, 1.165) is 12.1 Å². The third-order valence-corrected chi connectivity index (χ3v) is 4.03. The molecule has 0 unspecified atom stereocenters. The fourth-order valence-electron chi connectivity index (χ4n) is 0.801. The Bertz CT molecular complexity index is 523. The molecule has 0 aliphatic rings. The number of rotatable bonds is 1. The van der Waals surface area contributed by atoms with Crippen LogP contribution in [0.4, 0.5) is 4.39 Å². The minimum Gasteiger partial charge on any atom is -0.207 e. The molecule has 0 amide bonds. The molecule has 0 saturated heterocycles. The predicted octanol–water partition coefficient (Wildman–Crippen LogP) is 2.23. The molecule has 14 heavy (non-hydrogen) atoms. The number of nitriles is 1. The van der Waals surface area contributed by atoms with Crippen molar-refractivity contribution in [1.29, 1.82) is 5.26 Å². The van der Waals surface area contributed by atoms with Crippen LogP contribution in [-0.4, -0.2) is 8.42 Å². The Morgan fingerprint density at radius 2 is 2.07 bits per heavy atom. The van der Waals surface area contributed by atoms with Gasteiger partial charge in [0, 0.05) is 14.3 Å². The summed E-state index contributed by atoms with van der Waals surface area (Å²) in [5.41, 5.74) is -0.210. The minimum atomic E-state index is -3.97. The lowest BCUT2D eigenvalue weighted by molar-refractivity contribution is 0.600. The lowest BCUT2D eigenvalue weighted by Gasteiger charge is -2.01. The number of hydrogen-bond acceptors (Lipinski definition) is 3. The third-order valence-electron chi connectivity index (χ3n) is 1.40. The van der Waals surface area contributed by atoms with E-state index >= 15 is 0 Å². The quantitative estimate of drug-likeness (QED) is 0.579. The summed E-state index contributed by atoms with van der Waals surface area (Å²) < 4.78 is 35.1. The zero-order chi connectivity index (χ0) is 10.9. The maximum absolute atomic E-state index is 13.0. The van der Waals surface area contributed by atoms with Crippen LogP contribution in [0.15, 0.2) is 17.0 Å². The zero-order valence-corrected chi connectivity index (χ0v) is 10.2. The largest absolute Gasteiger partial charge is 0.262 e. The van der Waals surface area contributed by atoms with E-state index in [2.05, 4.69) is 0 Å². The zero-order valence-electron chi connectivity index (χ0n) is 6.46. The topological polar surface area (TPSA) is 57.9 Å². The van der Waals surface area contributed by atoms with Crippen molar-refractivity contribution in [3.8, 4) is 6.07 Å². The van der Waals surface area contributed by atoms with E-state index in [1.807, 2.05) is 0 Å². The molecular formula is C7H2ClFINO2S. The van der Waals surface area contributed by atoms with Gasteiger partial charge in [-0.1, -0.05) is 0 Å². The van der Waals surface area contributed by atoms with E-state index in [4.69, 9.17) is 15.9 Å². The third kappa shape index (κ3) is 2.34. The summed E-state index contributed by atoms with van der Waals surface area (Å²) in [7, 11) is 1.08. The van der Waals surface area contributed by atoms with Crippen molar-refractivity contribution in [2.45, 2.75) is 4.90 Å². The van der Waals surface area contributed by atoms with Crippen LogP contribution >= 0.6 is 33.3 Å². The van der Waals surface area contributed by atoms with Crippen molar-refractivity contribution in [3.05, 3.63) is 27.1 Å². The van der Waals surface area contributed by atoms with Gasteiger partial charge >= 0.3 is 0 Å². The molecule has 0 radical (unpaired) electrons. The Morgan fingerprint density at radius 1 is 1.50 bits per heavy atom. The van der Waals surface area contributed by atoms with Crippen LogP contribution in [0.1, 0.15) is 5.56 Å². The van der Waals surface area contributed by atoms with Gasteiger partial charge in [-0.05, 0) is 34.7 Å². The van der Waals surface area contributed by atoms with E-state index in [1.165, 1.54) is 0 Å². The van der Waals surface area contributed by atoms with Gasteiger partial charge in [0.05, 0.1) is 10.5 Å². The summed E-state index contributed by atoms with van der Waals surface area (Å²) in [6, 6.07) is 3.47. The molecule has 0 N–H and O–H groups in total. The second-order valence-electron chi connectivity index (χ2n) is 2.31. The van der Waals surface area contributed by atoms with E-state index < -0.39 is 14.9 Å². The van der Waals surface area contributed by atoms with Gasteiger partial charge in [0.2, 0.25) is 0 Å². The monoisotopic (exact) mass is 345 g/mol. The van der Waals surface area contributed by atoms with Crippen molar-refractivity contribution in [1.82, 2.24) is 0 Å². The standard InChI is InChI=1S/C7H2ClFINO2S/c8-14(12,13)7-2-5(9)4(3-11)1-6(7)10/h1-2H. The van der Waals surface area contributed by atoms with Crippen molar-refractivity contribution in [3.63, 3.8) is 0 Å².